The molecule has 1 amide bonds. The number of nitrogens with one attached hydrogen (secondary N) is 1. The largest absolute Gasteiger partial charge is 0.417 e. The van der Waals surface area contributed by atoms with E-state index in [1.54, 1.807) is 0 Å². The Kier molecular flexibility index (Phi) is 4.08. The fourth-order valence-electron chi connectivity index (χ4n) is 1.63. The number of carbonyl (C=O) groups is 1. The van der Waals surface area contributed by atoms with E-state index in [1.165, 1.54) is 23.1 Å². The average molecular weight is 319 g/mol. The van der Waals surface area contributed by atoms with Gasteiger partial charge in [-0.05, 0) is 18.2 Å². The SMILES string of the molecule is Nc1cnn(CC(=O)Nc2ccc(Cl)c(C(F)(F)F)c2)c1. The third-order valence-corrected chi connectivity index (χ3v) is 2.84. The van der Waals surface area contributed by atoms with Gasteiger partial charge >= 0.3 is 6.18 Å². The molecule has 3 N–H and O–H groups in total. The van der Waals surface area contributed by atoms with E-state index in [9.17, 15) is 18.0 Å². The highest BCUT2D eigenvalue weighted by Gasteiger charge is 2.33. The fraction of sp³-hybridized carbons (Fsp3) is 0.167. The highest BCUT2D eigenvalue weighted by Crippen LogP contribution is 2.36. The summed E-state index contributed by atoms with van der Waals surface area (Å²) in [7, 11) is 0. The van der Waals surface area contributed by atoms with E-state index in [0.717, 1.165) is 12.1 Å². The number of benzene rings is 1. The van der Waals surface area contributed by atoms with Crippen molar-refractivity contribution in [2.45, 2.75) is 12.7 Å². The molecule has 0 spiro atoms. The van der Waals surface area contributed by atoms with Crippen molar-refractivity contribution < 1.29 is 18.0 Å². The zero-order chi connectivity index (χ0) is 15.6. The molecule has 1 aromatic carbocycles. The summed E-state index contributed by atoms with van der Waals surface area (Å²) in [5.41, 5.74) is 4.81. The molecule has 0 saturated heterocycles. The molecule has 0 aliphatic rings. The Balaban J connectivity index is 2.11. The molecule has 1 aromatic heterocycles. The zero-order valence-corrected chi connectivity index (χ0v) is 11.2. The van der Waals surface area contributed by atoms with Crippen molar-refractivity contribution in [1.29, 1.82) is 0 Å². The Bertz CT molecular complexity index is 669. The van der Waals surface area contributed by atoms with Crippen LogP contribution in [0.3, 0.4) is 0 Å². The molecule has 21 heavy (non-hydrogen) atoms. The van der Waals surface area contributed by atoms with E-state index < -0.39 is 22.7 Å². The molecule has 0 saturated carbocycles. The Morgan fingerprint density at radius 3 is 2.71 bits per heavy atom. The second kappa shape index (κ2) is 5.65. The van der Waals surface area contributed by atoms with Crippen LogP contribution in [0.2, 0.25) is 5.02 Å². The first-order chi connectivity index (χ1) is 9.75. The summed E-state index contributed by atoms with van der Waals surface area (Å²) in [6.07, 6.45) is -1.80. The summed E-state index contributed by atoms with van der Waals surface area (Å²) in [5, 5.41) is 5.71. The number of halogens is 4. The highest BCUT2D eigenvalue weighted by atomic mass is 35.5. The van der Waals surface area contributed by atoms with Gasteiger partial charge in [-0.1, -0.05) is 11.6 Å². The van der Waals surface area contributed by atoms with Crippen molar-refractivity contribution >= 4 is 28.9 Å². The number of rotatable bonds is 3. The molecule has 0 radical (unpaired) electrons. The van der Waals surface area contributed by atoms with Crippen LogP contribution < -0.4 is 11.1 Å². The normalized spacial score (nSPS) is 11.4. The van der Waals surface area contributed by atoms with E-state index in [4.69, 9.17) is 17.3 Å². The van der Waals surface area contributed by atoms with E-state index in [1.807, 2.05) is 0 Å². The van der Waals surface area contributed by atoms with Gasteiger partial charge in [0, 0.05) is 11.9 Å². The van der Waals surface area contributed by atoms with Gasteiger partial charge in [0.1, 0.15) is 6.54 Å². The molecule has 9 heteroatoms. The fourth-order valence-corrected chi connectivity index (χ4v) is 1.86. The van der Waals surface area contributed by atoms with E-state index in [2.05, 4.69) is 10.4 Å². The summed E-state index contributed by atoms with van der Waals surface area (Å²) < 4.78 is 39.3. The molecule has 112 valence electrons. The smallest absolute Gasteiger partial charge is 0.396 e. The predicted molar refractivity (Wildman–Crippen MR) is 71.7 cm³/mol. The first-order valence-corrected chi connectivity index (χ1v) is 6.08. The van der Waals surface area contributed by atoms with E-state index in [0.29, 0.717) is 5.69 Å². The maximum Gasteiger partial charge on any atom is 0.417 e. The van der Waals surface area contributed by atoms with Crippen molar-refractivity contribution in [1.82, 2.24) is 9.78 Å². The number of aromatic nitrogens is 2. The van der Waals surface area contributed by atoms with Crippen LogP contribution in [0.15, 0.2) is 30.6 Å². The molecule has 0 aliphatic carbocycles. The first-order valence-electron chi connectivity index (χ1n) is 5.70. The van der Waals surface area contributed by atoms with Gasteiger partial charge in [0.2, 0.25) is 5.91 Å². The molecule has 1 heterocycles. The van der Waals surface area contributed by atoms with Gasteiger partial charge in [-0.2, -0.15) is 18.3 Å². The molecule has 0 aliphatic heterocycles. The number of nitrogens with two attached hydrogens (primary N) is 1. The molecular formula is C12H10ClF3N4O. The summed E-state index contributed by atoms with van der Waals surface area (Å²) >= 11 is 5.49. The molecule has 2 rings (SSSR count). The lowest BCUT2D eigenvalue weighted by Gasteiger charge is -2.11. The van der Waals surface area contributed by atoms with E-state index >= 15 is 0 Å². The van der Waals surface area contributed by atoms with Crippen molar-refractivity contribution in [3.05, 3.63) is 41.2 Å². The average Bonchev–Trinajstić information content (AvgIpc) is 2.75. The first kappa shape index (κ1) is 15.2. The number of amides is 1. The molecule has 0 atom stereocenters. The van der Waals surface area contributed by atoms with E-state index in [-0.39, 0.29) is 12.2 Å². The summed E-state index contributed by atoms with van der Waals surface area (Å²) in [5.74, 6) is -0.534. The highest BCUT2D eigenvalue weighted by molar-refractivity contribution is 6.31. The van der Waals surface area contributed by atoms with Crippen LogP contribution in [0.4, 0.5) is 24.5 Å². The van der Waals surface area contributed by atoms with Crippen LogP contribution in [-0.4, -0.2) is 15.7 Å². The number of anilines is 2. The second-order valence-electron chi connectivity index (χ2n) is 4.21. The van der Waals surface area contributed by atoms with Crippen molar-refractivity contribution in [2.75, 3.05) is 11.1 Å². The molecule has 0 fully saturated rings. The number of nitrogens with zero attached hydrogens (tertiary/aromatic N) is 2. The predicted octanol–water partition coefficient (Wildman–Crippen LogP) is 2.78. The Hall–Kier alpha value is -2.22. The third kappa shape index (κ3) is 3.88. The molecule has 0 unspecified atom stereocenters. The van der Waals surface area contributed by atoms with Crippen LogP contribution >= 0.6 is 11.6 Å². The second-order valence-corrected chi connectivity index (χ2v) is 4.62. The number of nitrogen functional groups attached to an aromatic ring is 1. The van der Waals surface area contributed by atoms with Gasteiger partial charge in [0.25, 0.3) is 0 Å². The monoisotopic (exact) mass is 318 g/mol. The lowest BCUT2D eigenvalue weighted by atomic mass is 10.2. The number of hydrogen-bond acceptors (Lipinski definition) is 3. The van der Waals surface area contributed by atoms with Crippen LogP contribution in [0, 0.1) is 0 Å². The third-order valence-electron chi connectivity index (χ3n) is 2.51. The van der Waals surface area contributed by atoms with Crippen molar-refractivity contribution in [3.63, 3.8) is 0 Å². The summed E-state index contributed by atoms with van der Waals surface area (Å²) in [4.78, 5) is 11.7. The summed E-state index contributed by atoms with van der Waals surface area (Å²) in [6.45, 7) is -0.165. The van der Waals surface area contributed by atoms with Gasteiger partial charge < -0.3 is 11.1 Å². The number of alkyl halides is 3. The van der Waals surface area contributed by atoms with Crippen molar-refractivity contribution in [3.8, 4) is 0 Å². The van der Waals surface area contributed by atoms with Crippen molar-refractivity contribution in [2.24, 2.45) is 0 Å². The minimum Gasteiger partial charge on any atom is -0.396 e. The Labute approximate surface area is 122 Å². The van der Waals surface area contributed by atoms with Gasteiger partial charge in [-0.3, -0.25) is 9.48 Å². The quantitative estimate of drug-likeness (QED) is 0.914. The number of carbonyl (C=O) groups excluding carboxylic acids is 1. The maximum absolute atomic E-state index is 12.7. The molecular weight excluding hydrogens is 309 g/mol. The Morgan fingerprint density at radius 1 is 1.43 bits per heavy atom. The lowest BCUT2D eigenvalue weighted by Crippen LogP contribution is -2.19. The van der Waals surface area contributed by atoms with Crippen LogP contribution in [0.5, 0.6) is 0 Å². The van der Waals surface area contributed by atoms with Gasteiger partial charge in [0.15, 0.2) is 0 Å². The van der Waals surface area contributed by atoms with Crippen LogP contribution in [0.1, 0.15) is 5.56 Å². The number of hydrogen-bond donors (Lipinski definition) is 2. The lowest BCUT2D eigenvalue weighted by molar-refractivity contribution is -0.137. The van der Waals surface area contributed by atoms with Gasteiger partial charge in [0.05, 0.1) is 22.5 Å². The summed E-state index contributed by atoms with van der Waals surface area (Å²) in [6, 6.07) is 3.14. The molecule has 2 aromatic rings. The maximum atomic E-state index is 12.7. The molecule has 0 bridgehead atoms. The Morgan fingerprint density at radius 2 is 2.14 bits per heavy atom. The topological polar surface area (TPSA) is 72.9 Å². The van der Waals surface area contributed by atoms with Gasteiger partial charge in [-0.15, -0.1) is 0 Å². The zero-order valence-electron chi connectivity index (χ0n) is 10.5. The standard InChI is InChI=1S/C12H10ClF3N4O/c13-10-2-1-8(3-9(10)12(14,15)16)19-11(21)6-20-5-7(17)4-18-20/h1-5H,6,17H2,(H,19,21). The minimum absolute atomic E-state index is 0.00291. The van der Waals surface area contributed by atoms with Gasteiger partial charge in [-0.25, -0.2) is 0 Å². The minimum atomic E-state index is -4.59. The van der Waals surface area contributed by atoms with Crippen LogP contribution in [0.25, 0.3) is 0 Å². The molecule has 5 nitrogen and oxygen atoms in total. The van der Waals surface area contributed by atoms with Crippen LogP contribution in [-0.2, 0) is 17.5 Å².